The lowest BCUT2D eigenvalue weighted by Crippen LogP contribution is -2.45. The Labute approximate surface area is 189 Å². The third-order valence-electron chi connectivity index (χ3n) is 6.33. The van der Waals surface area contributed by atoms with Crippen LogP contribution in [0.15, 0.2) is 48.5 Å². The van der Waals surface area contributed by atoms with Gasteiger partial charge in [-0.15, -0.1) is 0 Å². The molecule has 0 radical (unpaired) electrons. The third kappa shape index (κ3) is 5.66. The molecule has 2 aromatic carbocycles. The van der Waals surface area contributed by atoms with E-state index in [-0.39, 0.29) is 17.7 Å². The number of likely N-dealkylation sites (tertiary alicyclic amines) is 2. The molecule has 6 heteroatoms. The number of nitrogens with one attached hydrogen (secondary N) is 1. The van der Waals surface area contributed by atoms with Crippen molar-refractivity contribution in [2.45, 2.75) is 38.8 Å². The Kier molecular flexibility index (Phi) is 7.25. The van der Waals surface area contributed by atoms with Crippen molar-refractivity contribution < 1.29 is 9.59 Å². The van der Waals surface area contributed by atoms with E-state index in [4.69, 9.17) is 11.6 Å². The number of rotatable bonds is 6. The number of nitrogens with zero attached hydrogens (tertiary/aromatic N) is 2. The maximum atomic E-state index is 12.9. The van der Waals surface area contributed by atoms with Crippen molar-refractivity contribution in [3.63, 3.8) is 0 Å². The highest BCUT2D eigenvalue weighted by Crippen LogP contribution is 2.21. The molecule has 0 spiro atoms. The zero-order valence-corrected chi connectivity index (χ0v) is 18.6. The number of hydrogen-bond acceptors (Lipinski definition) is 3. The zero-order chi connectivity index (χ0) is 21.6. The van der Waals surface area contributed by atoms with Gasteiger partial charge in [0.15, 0.2) is 0 Å². The van der Waals surface area contributed by atoms with Gasteiger partial charge >= 0.3 is 0 Å². The topological polar surface area (TPSA) is 52.7 Å². The van der Waals surface area contributed by atoms with Gasteiger partial charge in [0.1, 0.15) is 0 Å². The van der Waals surface area contributed by atoms with Gasteiger partial charge in [0.2, 0.25) is 5.91 Å². The van der Waals surface area contributed by atoms with Crippen molar-refractivity contribution >= 4 is 23.4 Å². The van der Waals surface area contributed by atoms with E-state index in [0.717, 1.165) is 32.5 Å². The standard InChI is InChI=1S/C25H30ClN3O2/c26-23-11-9-19(10-12-23)25(31)29-15-5-8-22(18-29)24(30)27-16-20-6-1-2-7-21(20)17-28-13-3-4-14-28/h1-2,6-7,9-12,22H,3-5,8,13-18H2,(H,27,30)/t22-/m1/s1. The lowest BCUT2D eigenvalue weighted by Gasteiger charge is -2.32. The fraction of sp³-hybridized carbons (Fsp3) is 0.440. The normalized spacial score (nSPS) is 19.4. The molecule has 0 aromatic heterocycles. The number of carbonyl (C=O) groups excluding carboxylic acids is 2. The molecule has 31 heavy (non-hydrogen) atoms. The maximum absolute atomic E-state index is 12.9. The van der Waals surface area contributed by atoms with Crippen LogP contribution in [-0.2, 0) is 17.9 Å². The molecule has 1 N–H and O–H groups in total. The maximum Gasteiger partial charge on any atom is 0.253 e. The van der Waals surface area contributed by atoms with E-state index in [2.05, 4.69) is 28.4 Å². The average Bonchev–Trinajstić information content (AvgIpc) is 3.31. The van der Waals surface area contributed by atoms with E-state index in [1.807, 2.05) is 6.07 Å². The lowest BCUT2D eigenvalue weighted by atomic mass is 9.96. The Bertz CT molecular complexity index is 909. The van der Waals surface area contributed by atoms with Crippen LogP contribution in [0.3, 0.4) is 0 Å². The molecule has 2 aliphatic rings. The number of hydrogen-bond donors (Lipinski definition) is 1. The molecule has 2 heterocycles. The number of halogens is 1. The molecule has 2 aromatic rings. The minimum Gasteiger partial charge on any atom is -0.352 e. The summed E-state index contributed by atoms with van der Waals surface area (Å²) >= 11 is 5.93. The third-order valence-corrected chi connectivity index (χ3v) is 6.59. The SMILES string of the molecule is O=C(NCc1ccccc1CN1CCCC1)[C@@H]1CCCN(C(=O)c2ccc(Cl)cc2)C1. The number of carbonyl (C=O) groups is 2. The molecule has 4 rings (SSSR count). The lowest BCUT2D eigenvalue weighted by molar-refractivity contribution is -0.126. The van der Waals surface area contributed by atoms with Gasteiger partial charge in [-0.25, -0.2) is 0 Å². The van der Waals surface area contributed by atoms with Crippen molar-refractivity contribution in [1.82, 2.24) is 15.1 Å². The van der Waals surface area contributed by atoms with Crippen LogP contribution in [0.5, 0.6) is 0 Å². The van der Waals surface area contributed by atoms with Crippen LogP contribution >= 0.6 is 11.6 Å². The minimum absolute atomic E-state index is 0.0320. The van der Waals surface area contributed by atoms with Crippen LogP contribution in [-0.4, -0.2) is 47.8 Å². The molecule has 2 saturated heterocycles. The highest BCUT2D eigenvalue weighted by Gasteiger charge is 2.29. The van der Waals surface area contributed by atoms with Crippen LogP contribution in [0.25, 0.3) is 0 Å². The van der Waals surface area contributed by atoms with Crippen molar-refractivity contribution in [2.75, 3.05) is 26.2 Å². The summed E-state index contributed by atoms with van der Waals surface area (Å²) < 4.78 is 0. The molecule has 1 atom stereocenters. The monoisotopic (exact) mass is 439 g/mol. The van der Waals surface area contributed by atoms with E-state index in [9.17, 15) is 9.59 Å². The van der Waals surface area contributed by atoms with Crippen LogP contribution in [0, 0.1) is 5.92 Å². The fourth-order valence-corrected chi connectivity index (χ4v) is 4.67. The molecular formula is C25H30ClN3O2. The highest BCUT2D eigenvalue weighted by atomic mass is 35.5. The summed E-state index contributed by atoms with van der Waals surface area (Å²) in [4.78, 5) is 30.0. The minimum atomic E-state index is -0.171. The summed E-state index contributed by atoms with van der Waals surface area (Å²) in [5.41, 5.74) is 3.07. The summed E-state index contributed by atoms with van der Waals surface area (Å²) in [6.45, 7) is 4.93. The molecule has 0 unspecified atom stereocenters. The van der Waals surface area contributed by atoms with Gasteiger partial charge < -0.3 is 10.2 Å². The Morgan fingerprint density at radius 1 is 0.935 bits per heavy atom. The second-order valence-electron chi connectivity index (χ2n) is 8.57. The van der Waals surface area contributed by atoms with Crippen molar-refractivity contribution in [2.24, 2.45) is 5.92 Å². The van der Waals surface area contributed by atoms with Gasteiger partial charge in [-0.1, -0.05) is 35.9 Å². The van der Waals surface area contributed by atoms with Crippen LogP contribution in [0.2, 0.25) is 5.02 Å². The van der Waals surface area contributed by atoms with Gasteiger partial charge in [-0.2, -0.15) is 0 Å². The second-order valence-corrected chi connectivity index (χ2v) is 9.00. The van der Waals surface area contributed by atoms with Gasteiger partial charge in [0, 0.05) is 36.8 Å². The first-order valence-corrected chi connectivity index (χ1v) is 11.6. The van der Waals surface area contributed by atoms with E-state index in [1.165, 1.54) is 24.0 Å². The molecule has 0 saturated carbocycles. The molecular weight excluding hydrogens is 410 g/mol. The van der Waals surface area contributed by atoms with Gasteiger partial charge in [0.25, 0.3) is 5.91 Å². The first kappa shape index (κ1) is 21.8. The van der Waals surface area contributed by atoms with Crippen LogP contribution < -0.4 is 5.32 Å². The second kappa shape index (κ2) is 10.3. The summed E-state index contributed by atoms with van der Waals surface area (Å²) in [6.07, 6.45) is 4.19. The molecule has 5 nitrogen and oxygen atoms in total. The van der Waals surface area contributed by atoms with Crippen molar-refractivity contribution in [3.8, 4) is 0 Å². The summed E-state index contributed by atoms with van der Waals surface area (Å²) in [5.74, 6) is -0.176. The Morgan fingerprint density at radius 3 is 2.39 bits per heavy atom. The summed E-state index contributed by atoms with van der Waals surface area (Å²) in [5, 5.41) is 3.74. The smallest absolute Gasteiger partial charge is 0.253 e. The largest absolute Gasteiger partial charge is 0.352 e. The number of amides is 2. The average molecular weight is 440 g/mol. The zero-order valence-electron chi connectivity index (χ0n) is 17.9. The van der Waals surface area contributed by atoms with E-state index >= 15 is 0 Å². The predicted molar refractivity (Wildman–Crippen MR) is 123 cm³/mol. The van der Waals surface area contributed by atoms with Gasteiger partial charge in [0.05, 0.1) is 5.92 Å². The first-order valence-electron chi connectivity index (χ1n) is 11.2. The predicted octanol–water partition coefficient (Wildman–Crippen LogP) is 4.10. The molecule has 164 valence electrons. The summed E-state index contributed by atoms with van der Waals surface area (Å²) in [6, 6.07) is 15.3. The molecule has 0 bridgehead atoms. The summed E-state index contributed by atoms with van der Waals surface area (Å²) in [7, 11) is 0. The number of benzene rings is 2. The Balaban J connectivity index is 1.33. The van der Waals surface area contributed by atoms with E-state index < -0.39 is 0 Å². The molecule has 0 aliphatic carbocycles. The van der Waals surface area contributed by atoms with Gasteiger partial charge in [-0.05, 0) is 74.2 Å². The Morgan fingerprint density at radius 2 is 1.65 bits per heavy atom. The van der Waals surface area contributed by atoms with Gasteiger partial charge in [-0.3, -0.25) is 14.5 Å². The molecule has 2 amide bonds. The van der Waals surface area contributed by atoms with E-state index in [1.54, 1.807) is 29.2 Å². The number of piperidine rings is 1. The fourth-order valence-electron chi connectivity index (χ4n) is 4.54. The quantitative estimate of drug-likeness (QED) is 0.737. The molecule has 2 fully saturated rings. The van der Waals surface area contributed by atoms with Crippen LogP contribution in [0.1, 0.15) is 47.2 Å². The van der Waals surface area contributed by atoms with E-state index in [0.29, 0.717) is 30.2 Å². The van der Waals surface area contributed by atoms with Crippen molar-refractivity contribution in [3.05, 3.63) is 70.2 Å². The Hall–Kier alpha value is -2.37. The van der Waals surface area contributed by atoms with Crippen LogP contribution in [0.4, 0.5) is 0 Å². The highest BCUT2D eigenvalue weighted by molar-refractivity contribution is 6.30. The first-order chi connectivity index (χ1) is 15.1. The molecule has 2 aliphatic heterocycles. The van der Waals surface area contributed by atoms with Crippen molar-refractivity contribution in [1.29, 1.82) is 0 Å².